The number of para-hydroxylation sites is 1. The lowest BCUT2D eigenvalue weighted by Crippen LogP contribution is -2.00. The second kappa shape index (κ2) is 4.66. The third-order valence-corrected chi connectivity index (χ3v) is 3.71. The van der Waals surface area contributed by atoms with Crippen LogP contribution in [-0.4, -0.2) is 19.4 Å². The van der Waals surface area contributed by atoms with Crippen LogP contribution in [0, 0.1) is 6.92 Å². The van der Waals surface area contributed by atoms with Crippen molar-refractivity contribution >= 4 is 16.4 Å². The van der Waals surface area contributed by atoms with Gasteiger partial charge >= 0.3 is 0 Å². The summed E-state index contributed by atoms with van der Waals surface area (Å²) in [7, 11) is 0. The minimum Gasteiger partial charge on any atom is -0.313 e. The molecule has 4 nitrogen and oxygen atoms in total. The Balaban J connectivity index is 1.89. The fourth-order valence-electron chi connectivity index (χ4n) is 2.76. The Hall–Kier alpha value is -2.75. The molecule has 4 heteroatoms. The van der Waals surface area contributed by atoms with Crippen LogP contribution >= 0.6 is 0 Å². The summed E-state index contributed by atoms with van der Waals surface area (Å²) in [6, 6.07) is 10.6. The number of fused-ring (bicyclic) bond motifs is 3. The van der Waals surface area contributed by atoms with Crippen molar-refractivity contribution in [3.63, 3.8) is 0 Å². The lowest BCUT2D eigenvalue weighted by Gasteiger charge is -2.06. The summed E-state index contributed by atoms with van der Waals surface area (Å²) in [5, 5.41) is 1.24. The Morgan fingerprint density at radius 1 is 1.05 bits per heavy atom. The molecule has 4 aromatic rings. The van der Waals surface area contributed by atoms with E-state index in [1.807, 2.05) is 12.4 Å². The van der Waals surface area contributed by atoms with Gasteiger partial charge < -0.3 is 4.40 Å². The van der Waals surface area contributed by atoms with Crippen molar-refractivity contribution < 1.29 is 0 Å². The van der Waals surface area contributed by atoms with Crippen LogP contribution in [0.15, 0.2) is 55.2 Å². The van der Waals surface area contributed by atoms with Gasteiger partial charge in [-0.15, -0.1) is 0 Å². The van der Waals surface area contributed by atoms with Crippen LogP contribution in [0.2, 0.25) is 0 Å². The fourth-order valence-corrected chi connectivity index (χ4v) is 2.76. The number of hydrogen-bond acceptors (Lipinski definition) is 3. The summed E-state index contributed by atoms with van der Waals surface area (Å²) in [5.41, 5.74) is 5.50. The molecule has 21 heavy (non-hydrogen) atoms. The van der Waals surface area contributed by atoms with Gasteiger partial charge in [0.15, 0.2) is 0 Å². The highest BCUT2D eigenvalue weighted by Gasteiger charge is 2.08. The number of aryl methyl sites for hydroxylation is 1. The molecule has 0 fully saturated rings. The highest BCUT2D eigenvalue weighted by molar-refractivity contribution is 5.87. The minimum atomic E-state index is 0.740. The SMILES string of the molecule is Cc1nc(Cc2cncnc2)cn2c1cc1ccccc12. The van der Waals surface area contributed by atoms with E-state index in [4.69, 9.17) is 4.98 Å². The Morgan fingerprint density at radius 2 is 1.86 bits per heavy atom. The van der Waals surface area contributed by atoms with Crippen LogP contribution < -0.4 is 0 Å². The summed E-state index contributed by atoms with van der Waals surface area (Å²) in [6.07, 6.45) is 8.07. The lowest BCUT2D eigenvalue weighted by atomic mass is 10.2. The number of hydrogen-bond donors (Lipinski definition) is 0. The quantitative estimate of drug-likeness (QED) is 0.564. The summed E-state index contributed by atoms with van der Waals surface area (Å²) in [6.45, 7) is 2.05. The number of nitrogens with zero attached hydrogens (tertiary/aromatic N) is 4. The van der Waals surface area contributed by atoms with E-state index in [2.05, 4.69) is 57.8 Å². The molecule has 0 aliphatic rings. The van der Waals surface area contributed by atoms with Crippen LogP contribution in [0.3, 0.4) is 0 Å². The fraction of sp³-hybridized carbons (Fsp3) is 0.118. The topological polar surface area (TPSA) is 43.1 Å². The highest BCUT2D eigenvalue weighted by atomic mass is 14.9. The molecule has 0 bridgehead atoms. The van der Waals surface area contributed by atoms with Gasteiger partial charge in [-0.25, -0.2) is 9.97 Å². The number of aromatic nitrogens is 4. The van der Waals surface area contributed by atoms with E-state index >= 15 is 0 Å². The first-order valence-corrected chi connectivity index (χ1v) is 6.91. The molecule has 3 aromatic heterocycles. The first-order valence-electron chi connectivity index (χ1n) is 6.91. The molecule has 3 heterocycles. The second-order valence-electron chi connectivity index (χ2n) is 5.20. The zero-order valence-electron chi connectivity index (χ0n) is 11.7. The van der Waals surface area contributed by atoms with Gasteiger partial charge in [-0.3, -0.25) is 4.98 Å². The van der Waals surface area contributed by atoms with E-state index in [9.17, 15) is 0 Å². The van der Waals surface area contributed by atoms with Gasteiger partial charge in [-0.05, 0) is 24.6 Å². The Kier molecular flexibility index (Phi) is 2.67. The first-order chi connectivity index (χ1) is 10.3. The van der Waals surface area contributed by atoms with Crippen LogP contribution in [0.1, 0.15) is 17.0 Å². The normalized spacial score (nSPS) is 11.3. The van der Waals surface area contributed by atoms with E-state index in [0.717, 1.165) is 28.9 Å². The van der Waals surface area contributed by atoms with E-state index in [1.165, 1.54) is 10.9 Å². The summed E-state index contributed by atoms with van der Waals surface area (Å²) in [5.74, 6) is 0. The average Bonchev–Trinajstić information content (AvgIpc) is 2.88. The average molecular weight is 274 g/mol. The Bertz CT molecular complexity index is 925. The molecule has 0 aliphatic carbocycles. The van der Waals surface area contributed by atoms with E-state index in [-0.39, 0.29) is 0 Å². The van der Waals surface area contributed by atoms with Crippen LogP contribution in [0.5, 0.6) is 0 Å². The molecule has 0 saturated heterocycles. The van der Waals surface area contributed by atoms with E-state index < -0.39 is 0 Å². The number of benzene rings is 1. The molecule has 0 amide bonds. The van der Waals surface area contributed by atoms with Crippen molar-refractivity contribution in [2.75, 3.05) is 0 Å². The molecular formula is C17H14N4. The molecule has 0 atom stereocenters. The van der Waals surface area contributed by atoms with Crippen LogP contribution in [-0.2, 0) is 6.42 Å². The molecule has 102 valence electrons. The molecule has 4 rings (SSSR count). The maximum atomic E-state index is 4.72. The Morgan fingerprint density at radius 3 is 2.71 bits per heavy atom. The van der Waals surface area contributed by atoms with E-state index in [0.29, 0.717) is 0 Å². The monoisotopic (exact) mass is 274 g/mol. The Labute approximate surface area is 122 Å². The van der Waals surface area contributed by atoms with Gasteiger partial charge in [0.25, 0.3) is 0 Å². The predicted molar refractivity (Wildman–Crippen MR) is 82.3 cm³/mol. The molecule has 0 unspecified atom stereocenters. The third kappa shape index (κ3) is 2.05. The van der Waals surface area contributed by atoms with Gasteiger partial charge in [-0.2, -0.15) is 0 Å². The minimum absolute atomic E-state index is 0.740. The van der Waals surface area contributed by atoms with Gasteiger partial charge in [0.2, 0.25) is 0 Å². The number of rotatable bonds is 2. The van der Waals surface area contributed by atoms with Gasteiger partial charge in [0.05, 0.1) is 22.4 Å². The van der Waals surface area contributed by atoms with Crippen molar-refractivity contribution in [2.24, 2.45) is 0 Å². The zero-order valence-corrected chi connectivity index (χ0v) is 11.7. The smallest absolute Gasteiger partial charge is 0.115 e. The largest absolute Gasteiger partial charge is 0.313 e. The van der Waals surface area contributed by atoms with Crippen molar-refractivity contribution in [1.29, 1.82) is 0 Å². The second-order valence-corrected chi connectivity index (χ2v) is 5.20. The molecule has 0 N–H and O–H groups in total. The molecule has 1 aromatic carbocycles. The maximum Gasteiger partial charge on any atom is 0.115 e. The van der Waals surface area contributed by atoms with Crippen molar-refractivity contribution in [2.45, 2.75) is 13.3 Å². The molecule has 0 spiro atoms. The van der Waals surface area contributed by atoms with E-state index in [1.54, 1.807) is 6.33 Å². The van der Waals surface area contributed by atoms with Crippen molar-refractivity contribution in [1.82, 2.24) is 19.4 Å². The highest BCUT2D eigenvalue weighted by Crippen LogP contribution is 2.22. The maximum absolute atomic E-state index is 4.72. The van der Waals surface area contributed by atoms with Crippen molar-refractivity contribution in [3.05, 3.63) is 72.2 Å². The molecule has 0 radical (unpaired) electrons. The predicted octanol–water partition coefficient (Wildman–Crippen LogP) is 3.18. The summed E-state index contributed by atoms with van der Waals surface area (Å²) < 4.78 is 2.22. The molecular weight excluding hydrogens is 260 g/mol. The van der Waals surface area contributed by atoms with Crippen LogP contribution in [0.25, 0.3) is 16.4 Å². The van der Waals surface area contributed by atoms with Crippen molar-refractivity contribution in [3.8, 4) is 0 Å². The summed E-state index contributed by atoms with van der Waals surface area (Å²) >= 11 is 0. The standard InChI is InChI=1S/C17H14N4/c1-12-17-7-14-4-2-3-5-16(14)21(17)10-15(20-12)6-13-8-18-11-19-9-13/h2-5,7-11H,6H2,1H3. The molecule has 0 aliphatic heterocycles. The zero-order chi connectivity index (χ0) is 14.2. The summed E-state index contributed by atoms with van der Waals surface area (Å²) in [4.78, 5) is 12.8. The van der Waals surface area contributed by atoms with Crippen LogP contribution in [0.4, 0.5) is 0 Å². The first kappa shape index (κ1) is 12.0. The van der Waals surface area contributed by atoms with Gasteiger partial charge in [0, 0.05) is 30.4 Å². The van der Waals surface area contributed by atoms with Gasteiger partial charge in [-0.1, -0.05) is 18.2 Å². The molecule has 0 saturated carbocycles. The lowest BCUT2D eigenvalue weighted by molar-refractivity contribution is 0.973. The third-order valence-electron chi connectivity index (χ3n) is 3.71. The van der Waals surface area contributed by atoms with Gasteiger partial charge in [0.1, 0.15) is 6.33 Å².